The van der Waals surface area contributed by atoms with E-state index in [-0.39, 0.29) is 12.6 Å². The molecule has 0 saturated heterocycles. The molecule has 0 aromatic heterocycles. The summed E-state index contributed by atoms with van der Waals surface area (Å²) in [5.74, 6) is -0.358. The molecular formula is C14H20BrNO4. The molecule has 1 aromatic rings. The van der Waals surface area contributed by atoms with Crippen molar-refractivity contribution in [2.75, 3.05) is 40.5 Å². The monoisotopic (exact) mass is 345 g/mol. The average Bonchev–Trinajstić information content (AvgIpc) is 2.46. The van der Waals surface area contributed by atoms with E-state index in [1.54, 1.807) is 19.2 Å². The lowest BCUT2D eigenvalue weighted by Gasteiger charge is -2.21. The Hall–Kier alpha value is -0.950. The van der Waals surface area contributed by atoms with Crippen molar-refractivity contribution in [2.24, 2.45) is 0 Å². The van der Waals surface area contributed by atoms with Crippen molar-refractivity contribution in [1.29, 1.82) is 0 Å². The smallest absolute Gasteiger partial charge is 0.337 e. The summed E-state index contributed by atoms with van der Waals surface area (Å²) < 4.78 is 10.6. The second-order valence-electron chi connectivity index (χ2n) is 4.29. The highest BCUT2D eigenvalue weighted by atomic mass is 79.9. The van der Waals surface area contributed by atoms with Crippen LogP contribution in [-0.2, 0) is 16.0 Å². The molecule has 6 heteroatoms. The molecular weight excluding hydrogens is 326 g/mol. The molecule has 1 rings (SSSR count). The van der Waals surface area contributed by atoms with Crippen LogP contribution in [0.1, 0.15) is 15.9 Å². The highest BCUT2D eigenvalue weighted by Gasteiger charge is 2.11. The number of esters is 1. The third-order valence-electron chi connectivity index (χ3n) is 2.90. The van der Waals surface area contributed by atoms with Crippen molar-refractivity contribution >= 4 is 21.9 Å². The Labute approximate surface area is 127 Å². The first kappa shape index (κ1) is 17.1. The van der Waals surface area contributed by atoms with E-state index in [0.717, 1.165) is 16.6 Å². The maximum atomic E-state index is 11.4. The van der Waals surface area contributed by atoms with Gasteiger partial charge in [-0.1, -0.05) is 22.0 Å². The molecule has 20 heavy (non-hydrogen) atoms. The van der Waals surface area contributed by atoms with Crippen LogP contribution in [-0.4, -0.2) is 56.5 Å². The van der Waals surface area contributed by atoms with Crippen LogP contribution in [0.25, 0.3) is 0 Å². The lowest BCUT2D eigenvalue weighted by atomic mass is 10.1. The van der Waals surface area contributed by atoms with Crippen molar-refractivity contribution in [3.8, 4) is 0 Å². The lowest BCUT2D eigenvalue weighted by molar-refractivity contribution is 0.0600. The second-order valence-corrected chi connectivity index (χ2v) is 5.14. The Kier molecular flexibility index (Phi) is 7.76. The predicted molar refractivity (Wildman–Crippen MR) is 79.7 cm³/mol. The van der Waals surface area contributed by atoms with Crippen LogP contribution in [0.15, 0.2) is 22.7 Å². The average molecular weight is 346 g/mol. The van der Waals surface area contributed by atoms with E-state index in [4.69, 9.17) is 9.84 Å². The molecule has 1 aromatic carbocycles. The zero-order valence-corrected chi connectivity index (χ0v) is 13.4. The third kappa shape index (κ3) is 5.20. The predicted octanol–water partition coefficient (Wildman–Crippen LogP) is 1.68. The van der Waals surface area contributed by atoms with Crippen molar-refractivity contribution in [1.82, 2.24) is 4.90 Å². The number of rotatable bonds is 8. The number of benzene rings is 1. The minimum absolute atomic E-state index is 0.0988. The molecule has 0 bridgehead atoms. The van der Waals surface area contributed by atoms with Gasteiger partial charge in [0.15, 0.2) is 0 Å². The lowest BCUT2D eigenvalue weighted by Crippen LogP contribution is -2.30. The molecule has 0 aliphatic rings. The second kappa shape index (κ2) is 9.07. The Balaban J connectivity index is 2.77. The fourth-order valence-corrected chi connectivity index (χ4v) is 2.30. The summed E-state index contributed by atoms with van der Waals surface area (Å²) in [5.41, 5.74) is 1.55. The highest BCUT2D eigenvalue weighted by molar-refractivity contribution is 9.10. The van der Waals surface area contributed by atoms with Gasteiger partial charge >= 0.3 is 5.97 Å². The van der Waals surface area contributed by atoms with Gasteiger partial charge in [0.1, 0.15) is 0 Å². The number of carbonyl (C=O) groups excluding carboxylic acids is 1. The first-order chi connectivity index (χ1) is 9.62. The molecule has 0 radical (unpaired) electrons. The van der Waals surface area contributed by atoms with Gasteiger partial charge in [0, 0.05) is 31.2 Å². The van der Waals surface area contributed by atoms with E-state index >= 15 is 0 Å². The van der Waals surface area contributed by atoms with Crippen molar-refractivity contribution < 1.29 is 19.4 Å². The summed E-state index contributed by atoms with van der Waals surface area (Å²) in [7, 11) is 3.01. The Morgan fingerprint density at radius 3 is 2.65 bits per heavy atom. The molecule has 1 N–H and O–H groups in total. The maximum Gasteiger partial charge on any atom is 0.337 e. The number of aliphatic hydroxyl groups is 1. The quantitative estimate of drug-likeness (QED) is 0.726. The van der Waals surface area contributed by atoms with E-state index in [2.05, 4.69) is 25.6 Å². The van der Waals surface area contributed by atoms with Gasteiger partial charge in [0.05, 0.1) is 25.9 Å². The largest absolute Gasteiger partial charge is 0.465 e. The van der Waals surface area contributed by atoms with Crippen LogP contribution in [0.5, 0.6) is 0 Å². The molecule has 0 spiro atoms. The van der Waals surface area contributed by atoms with E-state index in [9.17, 15) is 4.79 Å². The summed E-state index contributed by atoms with van der Waals surface area (Å²) in [6.45, 7) is 2.70. The van der Waals surface area contributed by atoms with Gasteiger partial charge in [-0.15, -0.1) is 0 Å². The molecule has 0 aliphatic carbocycles. The Bertz CT molecular complexity index is 439. The molecule has 0 amide bonds. The minimum Gasteiger partial charge on any atom is -0.465 e. The Morgan fingerprint density at radius 1 is 1.35 bits per heavy atom. The minimum atomic E-state index is -0.358. The molecule has 0 heterocycles. The summed E-state index contributed by atoms with van der Waals surface area (Å²) in [5, 5.41) is 9.08. The van der Waals surface area contributed by atoms with Crippen molar-refractivity contribution in [2.45, 2.75) is 6.54 Å². The molecule has 0 aliphatic heterocycles. The molecule has 112 valence electrons. The zero-order valence-electron chi connectivity index (χ0n) is 11.8. The summed E-state index contributed by atoms with van der Waals surface area (Å²) in [6, 6.07) is 5.36. The summed E-state index contributed by atoms with van der Waals surface area (Å²) >= 11 is 3.46. The van der Waals surface area contributed by atoms with Crippen LogP contribution >= 0.6 is 15.9 Å². The fraction of sp³-hybridized carbons (Fsp3) is 0.500. The van der Waals surface area contributed by atoms with Gasteiger partial charge in [-0.3, -0.25) is 4.90 Å². The highest BCUT2D eigenvalue weighted by Crippen LogP contribution is 2.20. The van der Waals surface area contributed by atoms with Crippen LogP contribution in [0, 0.1) is 0 Å². The van der Waals surface area contributed by atoms with E-state index < -0.39 is 0 Å². The van der Waals surface area contributed by atoms with Gasteiger partial charge < -0.3 is 14.6 Å². The number of methoxy groups -OCH3 is 2. The number of carbonyl (C=O) groups is 1. The van der Waals surface area contributed by atoms with Crippen molar-refractivity contribution in [3.05, 3.63) is 33.8 Å². The number of halogens is 1. The summed E-state index contributed by atoms with van der Waals surface area (Å²) in [6.07, 6.45) is 0. The van der Waals surface area contributed by atoms with Gasteiger partial charge in [0.2, 0.25) is 0 Å². The van der Waals surface area contributed by atoms with Gasteiger partial charge in [0.25, 0.3) is 0 Å². The topological polar surface area (TPSA) is 59.0 Å². The Morgan fingerprint density at radius 2 is 2.10 bits per heavy atom. The van der Waals surface area contributed by atoms with E-state index in [1.807, 2.05) is 6.07 Å². The van der Waals surface area contributed by atoms with Crippen molar-refractivity contribution in [3.63, 3.8) is 0 Å². The van der Waals surface area contributed by atoms with E-state index in [1.165, 1.54) is 7.11 Å². The molecule has 0 saturated carbocycles. The molecule has 0 atom stereocenters. The maximum absolute atomic E-state index is 11.4. The normalized spacial score (nSPS) is 10.8. The number of nitrogens with zero attached hydrogens (tertiary/aromatic N) is 1. The number of ether oxygens (including phenoxy) is 2. The van der Waals surface area contributed by atoms with E-state index in [0.29, 0.717) is 25.3 Å². The molecule has 0 fully saturated rings. The van der Waals surface area contributed by atoms with Gasteiger partial charge in [-0.05, 0) is 17.7 Å². The fourth-order valence-electron chi connectivity index (χ4n) is 1.79. The molecule has 5 nitrogen and oxygen atoms in total. The van der Waals surface area contributed by atoms with Crippen LogP contribution in [0.2, 0.25) is 0 Å². The van der Waals surface area contributed by atoms with Gasteiger partial charge in [-0.25, -0.2) is 4.79 Å². The third-order valence-corrected chi connectivity index (χ3v) is 3.63. The van der Waals surface area contributed by atoms with Crippen LogP contribution in [0.4, 0.5) is 0 Å². The summed E-state index contributed by atoms with van der Waals surface area (Å²) in [4.78, 5) is 13.5. The number of hydrogen-bond acceptors (Lipinski definition) is 5. The zero-order chi connectivity index (χ0) is 15.0. The van der Waals surface area contributed by atoms with Gasteiger partial charge in [-0.2, -0.15) is 0 Å². The standard InChI is InChI=1S/C14H20BrNO4/c1-19-8-6-16(5-7-17)10-12-4-3-11(9-13(12)15)14(18)20-2/h3-4,9,17H,5-8,10H2,1-2H3. The van der Waals surface area contributed by atoms with Crippen LogP contribution < -0.4 is 0 Å². The number of hydrogen-bond donors (Lipinski definition) is 1. The number of aliphatic hydroxyl groups excluding tert-OH is 1. The SMILES string of the molecule is COCCN(CCO)Cc1ccc(C(=O)OC)cc1Br. The van der Waals surface area contributed by atoms with Crippen LogP contribution in [0.3, 0.4) is 0 Å². The first-order valence-corrected chi connectivity index (χ1v) is 7.10. The molecule has 0 unspecified atom stereocenters. The first-order valence-electron chi connectivity index (χ1n) is 6.31.